The minimum atomic E-state index is 0.00450. The zero-order valence-corrected chi connectivity index (χ0v) is 25.2. The largest absolute Gasteiger partial charge is 0.493 e. The van der Waals surface area contributed by atoms with Crippen LogP contribution in [0.1, 0.15) is 90.2 Å². The first-order chi connectivity index (χ1) is 18.0. The van der Waals surface area contributed by atoms with Gasteiger partial charge in [-0.05, 0) is 59.8 Å². The second-order valence-electron chi connectivity index (χ2n) is 11.8. The Labute approximate surface area is 231 Å². The Hall–Kier alpha value is -2.69. The quantitative estimate of drug-likeness (QED) is 0.194. The zero-order chi connectivity index (χ0) is 28.2. The molecule has 212 valence electrons. The highest BCUT2D eigenvalue weighted by molar-refractivity contribution is 6.00. The van der Waals surface area contributed by atoms with Crippen molar-refractivity contribution >= 4 is 5.78 Å². The van der Waals surface area contributed by atoms with Gasteiger partial charge in [-0.25, -0.2) is 0 Å². The summed E-state index contributed by atoms with van der Waals surface area (Å²) in [5.74, 6) is 4.01. The van der Waals surface area contributed by atoms with Gasteiger partial charge in [-0.2, -0.15) is 0 Å². The van der Waals surface area contributed by atoms with E-state index < -0.39 is 0 Å². The molecule has 0 N–H and O–H groups in total. The minimum absolute atomic E-state index is 0.00450. The molecule has 2 aromatic carbocycles. The molecule has 2 rings (SSSR count). The van der Waals surface area contributed by atoms with Gasteiger partial charge in [0.05, 0.1) is 32.0 Å². The second-order valence-corrected chi connectivity index (χ2v) is 11.8. The first kappa shape index (κ1) is 31.5. The fourth-order valence-corrected chi connectivity index (χ4v) is 3.72. The van der Waals surface area contributed by atoms with Crippen LogP contribution in [0.25, 0.3) is 0 Å². The first-order valence-corrected chi connectivity index (χ1v) is 14.3. The van der Waals surface area contributed by atoms with E-state index in [0.29, 0.717) is 85.8 Å². The second kappa shape index (κ2) is 15.7. The molecule has 0 fully saturated rings. The van der Waals surface area contributed by atoms with Crippen LogP contribution in [-0.2, 0) is 12.8 Å². The molecule has 0 aliphatic rings. The molecule has 0 heterocycles. The number of aryl methyl sites for hydroxylation is 2. The number of rotatable bonds is 17. The summed E-state index contributed by atoms with van der Waals surface area (Å²) in [5, 5.41) is 0. The molecular formula is C33H50O5. The van der Waals surface area contributed by atoms with Crippen molar-refractivity contribution in [3.63, 3.8) is 0 Å². The molecule has 0 aliphatic heterocycles. The molecule has 5 heteroatoms. The van der Waals surface area contributed by atoms with E-state index in [2.05, 4.69) is 74.4 Å². The minimum Gasteiger partial charge on any atom is -0.493 e. The Balaban J connectivity index is 2.41. The van der Waals surface area contributed by atoms with E-state index in [1.54, 1.807) is 0 Å². The van der Waals surface area contributed by atoms with E-state index in [-0.39, 0.29) is 5.78 Å². The molecule has 0 saturated carbocycles. The van der Waals surface area contributed by atoms with Gasteiger partial charge in [-0.1, -0.05) is 74.4 Å². The van der Waals surface area contributed by atoms with Crippen molar-refractivity contribution in [1.29, 1.82) is 0 Å². The van der Waals surface area contributed by atoms with Crippen LogP contribution in [0.3, 0.4) is 0 Å². The summed E-state index contributed by atoms with van der Waals surface area (Å²) in [6, 6.07) is 9.99. The number of carbonyl (C=O) groups is 1. The van der Waals surface area contributed by atoms with Gasteiger partial charge in [0.1, 0.15) is 11.5 Å². The number of carbonyl (C=O) groups excluding carboxylic acids is 1. The average Bonchev–Trinajstić information content (AvgIpc) is 2.86. The van der Waals surface area contributed by atoms with Gasteiger partial charge in [0, 0.05) is 12.5 Å². The Bertz CT molecular complexity index is 1010. The normalized spacial score (nSPS) is 11.5. The lowest BCUT2D eigenvalue weighted by atomic mass is 9.98. The number of benzene rings is 2. The molecular weight excluding hydrogens is 476 g/mol. The van der Waals surface area contributed by atoms with Crippen LogP contribution in [0.5, 0.6) is 23.0 Å². The number of hydrogen-bond donors (Lipinski definition) is 0. The lowest BCUT2D eigenvalue weighted by Gasteiger charge is -2.20. The van der Waals surface area contributed by atoms with Gasteiger partial charge >= 0.3 is 0 Å². The van der Waals surface area contributed by atoms with E-state index >= 15 is 0 Å². The number of hydrogen-bond acceptors (Lipinski definition) is 5. The number of ketones is 1. The maximum Gasteiger partial charge on any atom is 0.172 e. The maximum absolute atomic E-state index is 13.8. The maximum atomic E-state index is 13.8. The van der Waals surface area contributed by atoms with E-state index in [4.69, 9.17) is 18.9 Å². The summed E-state index contributed by atoms with van der Waals surface area (Å²) in [6.07, 6.45) is 1.86. The Morgan fingerprint density at radius 2 is 1.24 bits per heavy atom. The molecule has 0 aliphatic carbocycles. The van der Waals surface area contributed by atoms with Crippen LogP contribution in [0, 0.1) is 23.7 Å². The van der Waals surface area contributed by atoms with Crippen LogP contribution in [-0.4, -0.2) is 32.2 Å². The molecule has 0 unspecified atom stereocenters. The molecule has 0 spiro atoms. The fourth-order valence-electron chi connectivity index (χ4n) is 3.72. The molecule has 0 saturated heterocycles. The third-order valence-corrected chi connectivity index (χ3v) is 5.77. The van der Waals surface area contributed by atoms with E-state index in [1.807, 2.05) is 18.2 Å². The van der Waals surface area contributed by atoms with Crippen LogP contribution < -0.4 is 18.9 Å². The monoisotopic (exact) mass is 526 g/mol. The topological polar surface area (TPSA) is 54.0 Å². The van der Waals surface area contributed by atoms with Crippen LogP contribution in [0.4, 0.5) is 0 Å². The lowest BCUT2D eigenvalue weighted by Crippen LogP contribution is -2.14. The summed E-state index contributed by atoms with van der Waals surface area (Å²) >= 11 is 0. The molecule has 0 atom stereocenters. The fraction of sp³-hybridized carbons (Fsp3) is 0.606. The summed E-state index contributed by atoms with van der Waals surface area (Å²) in [7, 11) is 0. The average molecular weight is 527 g/mol. The standard InChI is InChI=1S/C33H50O5/c1-10-26-11-14-31(36-19-23(4)5)27(15-26)12-13-30(34)29-16-28(35-18-22(2)3)17-32(37-20-24(6)7)33(29)38-21-25(8)9/h11,14-17,22-25H,10,12-13,18-21H2,1-9H3. The SMILES string of the molecule is CCc1ccc(OCC(C)C)c(CCC(=O)c2cc(OCC(C)C)cc(OCC(C)C)c2OCC(C)C)c1. The summed E-state index contributed by atoms with van der Waals surface area (Å²) in [5.41, 5.74) is 2.81. The Kier molecular flexibility index (Phi) is 13.0. The third-order valence-electron chi connectivity index (χ3n) is 5.77. The smallest absolute Gasteiger partial charge is 0.172 e. The van der Waals surface area contributed by atoms with Gasteiger partial charge in [-0.3, -0.25) is 4.79 Å². The van der Waals surface area contributed by atoms with Crippen molar-refractivity contribution in [3.05, 3.63) is 47.0 Å². The first-order valence-electron chi connectivity index (χ1n) is 14.3. The van der Waals surface area contributed by atoms with Crippen LogP contribution >= 0.6 is 0 Å². The molecule has 0 bridgehead atoms. The molecule has 0 amide bonds. The van der Waals surface area contributed by atoms with Crippen molar-refractivity contribution in [1.82, 2.24) is 0 Å². The van der Waals surface area contributed by atoms with Gasteiger partial charge < -0.3 is 18.9 Å². The van der Waals surface area contributed by atoms with Crippen molar-refractivity contribution in [3.8, 4) is 23.0 Å². The van der Waals surface area contributed by atoms with E-state index in [0.717, 1.165) is 17.7 Å². The van der Waals surface area contributed by atoms with E-state index in [1.165, 1.54) is 5.56 Å². The van der Waals surface area contributed by atoms with Crippen molar-refractivity contribution in [2.45, 2.75) is 81.6 Å². The molecule has 0 radical (unpaired) electrons. The summed E-state index contributed by atoms with van der Waals surface area (Å²) in [4.78, 5) is 13.8. The van der Waals surface area contributed by atoms with Crippen molar-refractivity contribution in [2.75, 3.05) is 26.4 Å². The summed E-state index contributed by atoms with van der Waals surface area (Å²) < 4.78 is 24.5. The number of ether oxygens (including phenoxy) is 4. The van der Waals surface area contributed by atoms with Crippen molar-refractivity contribution < 1.29 is 23.7 Å². The molecule has 0 aromatic heterocycles. The lowest BCUT2D eigenvalue weighted by molar-refractivity contribution is 0.0975. The number of Topliss-reactive ketones (excluding diaryl/α,β-unsaturated/α-hetero) is 1. The third kappa shape index (κ3) is 10.6. The van der Waals surface area contributed by atoms with E-state index in [9.17, 15) is 4.79 Å². The molecule has 5 nitrogen and oxygen atoms in total. The predicted octanol–water partition coefficient (Wildman–Crippen LogP) is 8.20. The van der Waals surface area contributed by atoms with Crippen LogP contribution in [0.15, 0.2) is 30.3 Å². The molecule has 38 heavy (non-hydrogen) atoms. The van der Waals surface area contributed by atoms with Crippen LogP contribution in [0.2, 0.25) is 0 Å². The van der Waals surface area contributed by atoms with Gasteiger partial charge in [0.15, 0.2) is 17.3 Å². The van der Waals surface area contributed by atoms with Gasteiger partial charge in [0.2, 0.25) is 0 Å². The Morgan fingerprint density at radius 1 is 0.684 bits per heavy atom. The highest BCUT2D eigenvalue weighted by Gasteiger charge is 2.22. The Morgan fingerprint density at radius 3 is 1.82 bits per heavy atom. The zero-order valence-electron chi connectivity index (χ0n) is 25.2. The van der Waals surface area contributed by atoms with Gasteiger partial charge in [0.25, 0.3) is 0 Å². The predicted molar refractivity (Wildman–Crippen MR) is 156 cm³/mol. The summed E-state index contributed by atoms with van der Waals surface area (Å²) in [6.45, 7) is 21.2. The van der Waals surface area contributed by atoms with Crippen molar-refractivity contribution in [2.24, 2.45) is 23.7 Å². The van der Waals surface area contributed by atoms with Gasteiger partial charge in [-0.15, -0.1) is 0 Å². The highest BCUT2D eigenvalue weighted by atomic mass is 16.5. The molecule has 2 aromatic rings. The highest BCUT2D eigenvalue weighted by Crippen LogP contribution is 2.38.